The molecule has 0 atom stereocenters. The van der Waals surface area contributed by atoms with Crippen LogP contribution < -0.4 is 4.72 Å². The fraction of sp³-hybridized carbons (Fsp3) is 0.875. The smallest absolute Gasteiger partial charge is 0.129 e. The Hall–Kier alpha value is -0.0200. The first-order valence-electron chi connectivity index (χ1n) is 4.02. The quantitative estimate of drug-likeness (QED) is 0.474. The predicted octanol–water partition coefficient (Wildman–Crippen LogP) is 2.00. The van der Waals surface area contributed by atoms with Gasteiger partial charge in [-0.25, -0.2) is 0 Å². The minimum absolute atomic E-state index is 0.308. The molecule has 0 aromatic rings. The standard InChI is InChI=1S/C8H17NOS/c1-8(10)6-4-3-5-7-9-11-2/h9H,3-7H2,1-2H3. The summed E-state index contributed by atoms with van der Waals surface area (Å²) in [5.41, 5.74) is 0. The van der Waals surface area contributed by atoms with Gasteiger partial charge in [0.2, 0.25) is 0 Å². The van der Waals surface area contributed by atoms with Crippen LogP contribution >= 0.6 is 11.9 Å². The lowest BCUT2D eigenvalue weighted by atomic mass is 10.1. The Morgan fingerprint density at radius 2 is 2.09 bits per heavy atom. The molecular formula is C8H17NOS. The minimum Gasteiger partial charge on any atom is -0.300 e. The summed E-state index contributed by atoms with van der Waals surface area (Å²) in [7, 11) is 0. The number of Topliss-reactive ketones (excluding diaryl/α,β-unsaturated/α-hetero) is 1. The van der Waals surface area contributed by atoms with Gasteiger partial charge in [-0.1, -0.05) is 18.4 Å². The van der Waals surface area contributed by atoms with Crippen LogP contribution in [0.5, 0.6) is 0 Å². The van der Waals surface area contributed by atoms with E-state index >= 15 is 0 Å². The molecule has 0 bridgehead atoms. The maximum Gasteiger partial charge on any atom is 0.129 e. The molecule has 0 aromatic carbocycles. The minimum atomic E-state index is 0.308. The Morgan fingerprint density at radius 1 is 1.36 bits per heavy atom. The third-order valence-electron chi connectivity index (χ3n) is 1.45. The van der Waals surface area contributed by atoms with Gasteiger partial charge in [-0.3, -0.25) is 4.72 Å². The molecule has 0 unspecified atom stereocenters. The fourth-order valence-corrected chi connectivity index (χ4v) is 1.20. The Balaban J connectivity index is 2.85. The number of hydrogen-bond donors (Lipinski definition) is 1. The summed E-state index contributed by atoms with van der Waals surface area (Å²) in [4.78, 5) is 10.5. The van der Waals surface area contributed by atoms with Crippen molar-refractivity contribution in [2.75, 3.05) is 12.8 Å². The van der Waals surface area contributed by atoms with Crippen LogP contribution in [0.4, 0.5) is 0 Å². The maximum absolute atomic E-state index is 10.5. The number of ketones is 1. The lowest BCUT2D eigenvalue weighted by Gasteiger charge is -1.99. The van der Waals surface area contributed by atoms with Gasteiger partial charge < -0.3 is 4.79 Å². The highest BCUT2D eigenvalue weighted by molar-refractivity contribution is 7.96. The van der Waals surface area contributed by atoms with Crippen LogP contribution in [-0.4, -0.2) is 18.6 Å². The van der Waals surface area contributed by atoms with E-state index in [9.17, 15) is 4.79 Å². The summed E-state index contributed by atoms with van der Waals surface area (Å²) in [5.74, 6) is 0.308. The average molecular weight is 175 g/mol. The zero-order chi connectivity index (χ0) is 8.53. The highest BCUT2D eigenvalue weighted by Crippen LogP contribution is 1.99. The summed E-state index contributed by atoms with van der Waals surface area (Å²) in [6.45, 7) is 2.71. The third-order valence-corrected chi connectivity index (χ3v) is 1.94. The molecule has 0 saturated heterocycles. The molecule has 11 heavy (non-hydrogen) atoms. The maximum atomic E-state index is 10.5. The van der Waals surface area contributed by atoms with Crippen molar-refractivity contribution in [3.8, 4) is 0 Å². The number of rotatable bonds is 7. The summed E-state index contributed by atoms with van der Waals surface area (Å²) in [6.07, 6.45) is 6.15. The highest BCUT2D eigenvalue weighted by Gasteiger charge is 1.92. The van der Waals surface area contributed by atoms with E-state index in [4.69, 9.17) is 0 Å². The number of nitrogens with one attached hydrogen (secondary N) is 1. The molecule has 0 heterocycles. The van der Waals surface area contributed by atoms with E-state index in [0.29, 0.717) is 5.78 Å². The summed E-state index contributed by atoms with van der Waals surface area (Å²) >= 11 is 1.65. The van der Waals surface area contributed by atoms with Crippen molar-refractivity contribution >= 4 is 17.7 Å². The van der Waals surface area contributed by atoms with Crippen LogP contribution in [0.3, 0.4) is 0 Å². The molecule has 0 radical (unpaired) electrons. The van der Waals surface area contributed by atoms with Crippen LogP contribution in [0.15, 0.2) is 0 Å². The number of unbranched alkanes of at least 4 members (excludes halogenated alkanes) is 2. The van der Waals surface area contributed by atoms with Crippen LogP contribution in [0, 0.1) is 0 Å². The zero-order valence-corrected chi connectivity index (χ0v) is 8.17. The molecule has 1 N–H and O–H groups in total. The summed E-state index contributed by atoms with van der Waals surface area (Å²) in [5, 5.41) is 0. The Bertz CT molecular complexity index is 106. The van der Waals surface area contributed by atoms with Crippen LogP contribution in [0.2, 0.25) is 0 Å². The highest BCUT2D eigenvalue weighted by atomic mass is 32.2. The van der Waals surface area contributed by atoms with Crippen LogP contribution in [-0.2, 0) is 4.79 Å². The normalized spacial score (nSPS) is 10.0. The molecule has 0 saturated carbocycles. The van der Waals surface area contributed by atoms with E-state index in [1.54, 1.807) is 18.9 Å². The fourth-order valence-electron chi connectivity index (χ4n) is 0.850. The molecule has 0 aliphatic rings. The van der Waals surface area contributed by atoms with Crippen molar-refractivity contribution in [1.82, 2.24) is 4.72 Å². The third kappa shape index (κ3) is 9.98. The van der Waals surface area contributed by atoms with Gasteiger partial charge in [0.15, 0.2) is 0 Å². The molecular weight excluding hydrogens is 158 g/mol. The summed E-state index contributed by atoms with van der Waals surface area (Å²) < 4.78 is 3.17. The second kappa shape index (κ2) is 8.08. The zero-order valence-electron chi connectivity index (χ0n) is 7.35. The molecule has 0 aliphatic carbocycles. The van der Waals surface area contributed by atoms with Gasteiger partial charge >= 0.3 is 0 Å². The molecule has 0 fully saturated rings. The number of carbonyl (C=O) groups excluding carboxylic acids is 1. The van der Waals surface area contributed by atoms with E-state index in [1.165, 1.54) is 6.42 Å². The average Bonchev–Trinajstić information content (AvgIpc) is 1.96. The van der Waals surface area contributed by atoms with Gasteiger partial charge in [-0.2, -0.15) is 0 Å². The van der Waals surface area contributed by atoms with E-state index < -0.39 is 0 Å². The molecule has 2 nitrogen and oxygen atoms in total. The second-order valence-electron chi connectivity index (χ2n) is 2.61. The number of hydrogen-bond acceptors (Lipinski definition) is 3. The van der Waals surface area contributed by atoms with Crippen molar-refractivity contribution in [2.24, 2.45) is 0 Å². The molecule has 0 aromatic heterocycles. The largest absolute Gasteiger partial charge is 0.300 e. The lowest BCUT2D eigenvalue weighted by Crippen LogP contribution is -2.04. The molecule has 0 spiro atoms. The van der Waals surface area contributed by atoms with Gasteiger partial charge in [-0.05, 0) is 26.0 Å². The molecule has 0 amide bonds. The number of carbonyl (C=O) groups is 1. The second-order valence-corrected chi connectivity index (χ2v) is 3.31. The monoisotopic (exact) mass is 175 g/mol. The van der Waals surface area contributed by atoms with E-state index in [0.717, 1.165) is 25.8 Å². The van der Waals surface area contributed by atoms with Gasteiger partial charge in [0, 0.05) is 13.0 Å². The first-order chi connectivity index (χ1) is 5.27. The van der Waals surface area contributed by atoms with Crippen LogP contribution in [0.25, 0.3) is 0 Å². The topological polar surface area (TPSA) is 29.1 Å². The Labute approximate surface area is 73.3 Å². The van der Waals surface area contributed by atoms with Crippen molar-refractivity contribution in [1.29, 1.82) is 0 Å². The van der Waals surface area contributed by atoms with Gasteiger partial charge in [0.05, 0.1) is 0 Å². The van der Waals surface area contributed by atoms with E-state index in [2.05, 4.69) is 4.72 Å². The molecule has 3 heteroatoms. The first kappa shape index (κ1) is 11.0. The van der Waals surface area contributed by atoms with Crippen molar-refractivity contribution in [3.63, 3.8) is 0 Å². The SMILES string of the molecule is CSNCCCCCC(C)=O. The van der Waals surface area contributed by atoms with Gasteiger partial charge in [0.25, 0.3) is 0 Å². The Morgan fingerprint density at radius 3 is 2.64 bits per heavy atom. The Kier molecular flexibility index (Phi) is 8.07. The molecule has 66 valence electrons. The van der Waals surface area contributed by atoms with Crippen molar-refractivity contribution in [2.45, 2.75) is 32.6 Å². The molecule has 0 aliphatic heterocycles. The lowest BCUT2D eigenvalue weighted by molar-refractivity contribution is -0.117. The van der Waals surface area contributed by atoms with Crippen molar-refractivity contribution < 1.29 is 4.79 Å². The van der Waals surface area contributed by atoms with E-state index in [1.807, 2.05) is 6.26 Å². The van der Waals surface area contributed by atoms with E-state index in [-0.39, 0.29) is 0 Å². The van der Waals surface area contributed by atoms with Gasteiger partial charge in [-0.15, -0.1) is 0 Å². The van der Waals surface area contributed by atoms with Crippen LogP contribution in [0.1, 0.15) is 32.6 Å². The summed E-state index contributed by atoms with van der Waals surface area (Å²) in [6, 6.07) is 0. The van der Waals surface area contributed by atoms with Gasteiger partial charge in [0.1, 0.15) is 5.78 Å². The van der Waals surface area contributed by atoms with Crippen molar-refractivity contribution in [3.05, 3.63) is 0 Å². The molecule has 0 rings (SSSR count). The first-order valence-corrected chi connectivity index (χ1v) is 5.25. The predicted molar refractivity (Wildman–Crippen MR) is 50.7 cm³/mol.